The van der Waals surface area contributed by atoms with Crippen LogP contribution in [0.5, 0.6) is 0 Å². The molecule has 5 heteroatoms. The van der Waals surface area contributed by atoms with Gasteiger partial charge in [0.05, 0.1) is 11.8 Å². The Morgan fingerprint density at radius 2 is 2.05 bits per heavy atom. The van der Waals surface area contributed by atoms with Gasteiger partial charge in [0.15, 0.2) is 0 Å². The number of aryl methyl sites for hydroxylation is 1. The Hall–Kier alpha value is -2.14. The zero-order valence-electron chi connectivity index (χ0n) is 11.9. The predicted molar refractivity (Wildman–Crippen MR) is 76.6 cm³/mol. The molecule has 0 spiro atoms. The molecule has 106 valence electrons. The zero-order chi connectivity index (χ0) is 14.7. The average Bonchev–Trinajstić information content (AvgIpc) is 2.77. The van der Waals surface area contributed by atoms with Crippen molar-refractivity contribution in [3.8, 4) is 0 Å². The minimum atomic E-state index is -0.899. The third-order valence-electron chi connectivity index (χ3n) is 3.55. The second-order valence-electron chi connectivity index (χ2n) is 4.91. The van der Waals surface area contributed by atoms with E-state index in [1.54, 1.807) is 12.1 Å². The highest BCUT2D eigenvalue weighted by molar-refractivity contribution is 5.87. The molecule has 0 saturated heterocycles. The van der Waals surface area contributed by atoms with Crippen molar-refractivity contribution in [1.82, 2.24) is 15.1 Å². The van der Waals surface area contributed by atoms with Gasteiger partial charge >= 0.3 is 5.97 Å². The standard InChI is InChI=1S/C15H19N3O2/c1-10(14-9-17-18(3)11(14)2)16-8-12-4-6-13(7-5-12)15(19)20/h4-7,9-10,16H,8H2,1-3H3,(H,19,20). The van der Waals surface area contributed by atoms with E-state index in [2.05, 4.69) is 17.3 Å². The van der Waals surface area contributed by atoms with Crippen molar-refractivity contribution in [2.75, 3.05) is 0 Å². The molecule has 0 saturated carbocycles. The Labute approximate surface area is 118 Å². The Kier molecular flexibility index (Phi) is 4.20. The number of carboxylic acid groups (broad SMARTS) is 1. The Bertz CT molecular complexity index is 602. The van der Waals surface area contributed by atoms with Gasteiger partial charge in [-0.3, -0.25) is 4.68 Å². The van der Waals surface area contributed by atoms with Crippen molar-refractivity contribution in [2.45, 2.75) is 26.4 Å². The Morgan fingerprint density at radius 3 is 2.55 bits per heavy atom. The number of benzene rings is 1. The summed E-state index contributed by atoms with van der Waals surface area (Å²) in [5.41, 5.74) is 3.69. The minimum Gasteiger partial charge on any atom is -0.478 e. The highest BCUT2D eigenvalue weighted by Gasteiger charge is 2.11. The van der Waals surface area contributed by atoms with Gasteiger partial charge in [0.25, 0.3) is 0 Å². The number of hydrogen-bond donors (Lipinski definition) is 2. The molecule has 1 atom stereocenters. The third-order valence-corrected chi connectivity index (χ3v) is 3.55. The monoisotopic (exact) mass is 273 g/mol. The molecule has 5 nitrogen and oxygen atoms in total. The van der Waals surface area contributed by atoms with Gasteiger partial charge in [0, 0.05) is 30.9 Å². The van der Waals surface area contributed by atoms with E-state index in [-0.39, 0.29) is 6.04 Å². The highest BCUT2D eigenvalue weighted by atomic mass is 16.4. The maximum absolute atomic E-state index is 10.8. The topological polar surface area (TPSA) is 67.2 Å². The zero-order valence-corrected chi connectivity index (χ0v) is 11.9. The lowest BCUT2D eigenvalue weighted by Crippen LogP contribution is -2.18. The van der Waals surface area contributed by atoms with Crippen LogP contribution in [0.4, 0.5) is 0 Å². The lowest BCUT2D eigenvalue weighted by molar-refractivity contribution is 0.0697. The van der Waals surface area contributed by atoms with Gasteiger partial charge in [-0.05, 0) is 31.5 Å². The number of nitrogens with zero attached hydrogens (tertiary/aromatic N) is 2. The first-order chi connectivity index (χ1) is 9.49. The summed E-state index contributed by atoms with van der Waals surface area (Å²) in [6.45, 7) is 4.83. The van der Waals surface area contributed by atoms with Crippen molar-refractivity contribution in [3.05, 3.63) is 52.8 Å². The molecule has 0 radical (unpaired) electrons. The summed E-state index contributed by atoms with van der Waals surface area (Å²) in [6.07, 6.45) is 1.88. The number of rotatable bonds is 5. The number of carbonyl (C=O) groups is 1. The van der Waals surface area contributed by atoms with E-state index < -0.39 is 5.97 Å². The molecule has 0 aliphatic heterocycles. The van der Waals surface area contributed by atoms with Crippen LogP contribution in [-0.2, 0) is 13.6 Å². The molecule has 2 rings (SSSR count). The van der Waals surface area contributed by atoms with Crippen molar-refractivity contribution in [2.24, 2.45) is 7.05 Å². The molecule has 0 bridgehead atoms. The molecule has 1 aromatic carbocycles. The van der Waals surface area contributed by atoms with Crippen LogP contribution >= 0.6 is 0 Å². The smallest absolute Gasteiger partial charge is 0.335 e. The normalized spacial score (nSPS) is 12.3. The van der Waals surface area contributed by atoms with Gasteiger partial charge in [-0.25, -0.2) is 4.79 Å². The molecular formula is C15H19N3O2. The fourth-order valence-electron chi connectivity index (χ4n) is 2.09. The lowest BCUT2D eigenvalue weighted by atomic mass is 10.1. The van der Waals surface area contributed by atoms with E-state index in [0.29, 0.717) is 12.1 Å². The van der Waals surface area contributed by atoms with E-state index in [0.717, 1.165) is 11.3 Å². The van der Waals surface area contributed by atoms with Gasteiger partial charge in [-0.1, -0.05) is 12.1 Å². The van der Waals surface area contributed by atoms with Crippen LogP contribution in [0.2, 0.25) is 0 Å². The van der Waals surface area contributed by atoms with Gasteiger partial charge < -0.3 is 10.4 Å². The van der Waals surface area contributed by atoms with Crippen LogP contribution in [0.3, 0.4) is 0 Å². The van der Waals surface area contributed by atoms with Crippen molar-refractivity contribution < 1.29 is 9.90 Å². The van der Waals surface area contributed by atoms with Gasteiger partial charge in [0.2, 0.25) is 0 Å². The van der Waals surface area contributed by atoms with Crippen LogP contribution < -0.4 is 5.32 Å². The molecule has 2 N–H and O–H groups in total. The molecule has 1 unspecified atom stereocenters. The summed E-state index contributed by atoms with van der Waals surface area (Å²) in [6, 6.07) is 7.11. The fraction of sp³-hybridized carbons (Fsp3) is 0.333. The van der Waals surface area contributed by atoms with Gasteiger partial charge in [0.1, 0.15) is 0 Å². The van der Waals surface area contributed by atoms with Crippen LogP contribution in [0.1, 0.15) is 40.1 Å². The van der Waals surface area contributed by atoms with Gasteiger partial charge in [-0.2, -0.15) is 5.10 Å². The summed E-state index contributed by atoms with van der Waals surface area (Å²) < 4.78 is 1.86. The number of aromatic carboxylic acids is 1. The molecule has 1 aromatic heterocycles. The summed E-state index contributed by atoms with van der Waals surface area (Å²) in [7, 11) is 1.93. The maximum atomic E-state index is 10.8. The summed E-state index contributed by atoms with van der Waals surface area (Å²) in [5, 5.41) is 16.5. The van der Waals surface area contributed by atoms with Crippen LogP contribution in [0.25, 0.3) is 0 Å². The minimum absolute atomic E-state index is 0.197. The largest absolute Gasteiger partial charge is 0.478 e. The average molecular weight is 273 g/mol. The summed E-state index contributed by atoms with van der Waals surface area (Å²) in [4.78, 5) is 10.8. The number of hydrogen-bond acceptors (Lipinski definition) is 3. The van der Waals surface area contributed by atoms with Crippen molar-refractivity contribution >= 4 is 5.97 Å². The van der Waals surface area contributed by atoms with Crippen LogP contribution in [0, 0.1) is 6.92 Å². The number of carboxylic acids is 1. The van der Waals surface area contributed by atoms with Crippen molar-refractivity contribution in [1.29, 1.82) is 0 Å². The van der Waals surface area contributed by atoms with Crippen LogP contribution in [0.15, 0.2) is 30.5 Å². The van der Waals surface area contributed by atoms with E-state index in [1.165, 1.54) is 5.56 Å². The predicted octanol–water partition coefficient (Wildman–Crippen LogP) is 2.28. The first-order valence-electron chi connectivity index (χ1n) is 6.53. The molecule has 0 aliphatic carbocycles. The number of aromatic nitrogens is 2. The molecule has 2 aromatic rings. The fourth-order valence-corrected chi connectivity index (χ4v) is 2.09. The third kappa shape index (κ3) is 3.05. The maximum Gasteiger partial charge on any atom is 0.335 e. The van der Waals surface area contributed by atoms with E-state index in [1.807, 2.05) is 37.0 Å². The second kappa shape index (κ2) is 5.88. The first-order valence-corrected chi connectivity index (χ1v) is 6.53. The molecule has 20 heavy (non-hydrogen) atoms. The van der Waals surface area contributed by atoms with E-state index >= 15 is 0 Å². The number of nitrogens with one attached hydrogen (secondary N) is 1. The molecular weight excluding hydrogens is 254 g/mol. The summed E-state index contributed by atoms with van der Waals surface area (Å²) >= 11 is 0. The SMILES string of the molecule is Cc1c(C(C)NCc2ccc(C(=O)O)cc2)cnn1C. The quantitative estimate of drug-likeness (QED) is 0.877. The van der Waals surface area contributed by atoms with Gasteiger partial charge in [-0.15, -0.1) is 0 Å². The highest BCUT2D eigenvalue weighted by Crippen LogP contribution is 2.16. The van der Waals surface area contributed by atoms with Crippen LogP contribution in [-0.4, -0.2) is 20.9 Å². The molecule has 0 amide bonds. The van der Waals surface area contributed by atoms with E-state index in [4.69, 9.17) is 5.11 Å². The molecule has 0 aliphatic rings. The Morgan fingerprint density at radius 1 is 1.40 bits per heavy atom. The summed E-state index contributed by atoms with van der Waals surface area (Å²) in [5.74, 6) is -0.899. The Balaban J connectivity index is 1.98. The van der Waals surface area contributed by atoms with Crippen molar-refractivity contribution in [3.63, 3.8) is 0 Å². The lowest BCUT2D eigenvalue weighted by Gasteiger charge is -2.13. The molecule has 1 heterocycles. The second-order valence-corrected chi connectivity index (χ2v) is 4.91. The van der Waals surface area contributed by atoms with E-state index in [9.17, 15) is 4.79 Å². The first kappa shape index (κ1) is 14.3. The molecule has 0 fully saturated rings.